The number of nitrogen functional groups attached to an aromatic ring is 1. The molecule has 156 valence electrons. The van der Waals surface area contributed by atoms with Crippen LogP contribution in [0.15, 0.2) is 36.7 Å². The standard InChI is InChI=1S/C17H14F3N7O2S/c18-17(19,20)13-25-26-16(30-13)27(15(22)29)11-3-1-2-9(4-11)5-12(28)6-10-7-23-14(21)24-8-10/h1-4,7-8H,5-6H2,(H2,22,29)(H2,21,23,24). The molecule has 13 heteroatoms. The maximum atomic E-state index is 12.8. The molecule has 0 aliphatic heterocycles. The van der Waals surface area contributed by atoms with Crippen LogP contribution in [0.25, 0.3) is 0 Å². The van der Waals surface area contributed by atoms with E-state index in [2.05, 4.69) is 20.2 Å². The van der Waals surface area contributed by atoms with Crippen LogP contribution in [0, 0.1) is 0 Å². The van der Waals surface area contributed by atoms with E-state index in [4.69, 9.17) is 11.5 Å². The van der Waals surface area contributed by atoms with Crippen LogP contribution in [0.1, 0.15) is 16.1 Å². The first-order chi connectivity index (χ1) is 14.1. The largest absolute Gasteiger partial charge is 0.445 e. The number of urea groups is 1. The highest BCUT2D eigenvalue weighted by molar-refractivity contribution is 7.15. The molecule has 2 amide bonds. The second kappa shape index (κ2) is 8.41. The number of carbonyl (C=O) groups excluding carboxylic acids is 2. The van der Waals surface area contributed by atoms with Gasteiger partial charge in [-0.15, -0.1) is 10.2 Å². The molecule has 0 saturated heterocycles. The summed E-state index contributed by atoms with van der Waals surface area (Å²) in [7, 11) is 0. The van der Waals surface area contributed by atoms with E-state index < -0.39 is 17.2 Å². The molecular weight excluding hydrogens is 423 g/mol. The number of nitrogens with two attached hydrogens (primary N) is 2. The first-order valence-corrected chi connectivity index (χ1v) is 9.12. The summed E-state index contributed by atoms with van der Waals surface area (Å²) < 4.78 is 38.4. The summed E-state index contributed by atoms with van der Waals surface area (Å²) in [6, 6.07) is 5.08. The van der Waals surface area contributed by atoms with E-state index in [1.54, 1.807) is 12.1 Å². The first kappa shape index (κ1) is 21.1. The van der Waals surface area contributed by atoms with Gasteiger partial charge >= 0.3 is 12.2 Å². The van der Waals surface area contributed by atoms with Gasteiger partial charge in [-0.25, -0.2) is 19.7 Å². The van der Waals surface area contributed by atoms with E-state index in [9.17, 15) is 22.8 Å². The van der Waals surface area contributed by atoms with Crippen molar-refractivity contribution in [2.45, 2.75) is 19.0 Å². The predicted molar refractivity (Wildman–Crippen MR) is 102 cm³/mol. The van der Waals surface area contributed by atoms with Crippen molar-refractivity contribution < 1.29 is 22.8 Å². The molecule has 0 spiro atoms. The Hall–Kier alpha value is -3.61. The Balaban J connectivity index is 1.79. The van der Waals surface area contributed by atoms with Crippen molar-refractivity contribution >= 4 is 39.9 Å². The van der Waals surface area contributed by atoms with Gasteiger partial charge < -0.3 is 11.5 Å². The fourth-order valence-electron chi connectivity index (χ4n) is 2.53. The van der Waals surface area contributed by atoms with E-state index in [1.807, 2.05) is 0 Å². The summed E-state index contributed by atoms with van der Waals surface area (Å²) >= 11 is 0.181. The summed E-state index contributed by atoms with van der Waals surface area (Å²) in [6.07, 6.45) is -1.73. The second-order valence-corrected chi connectivity index (χ2v) is 7.03. The molecule has 4 N–H and O–H groups in total. The number of halogens is 3. The first-order valence-electron chi connectivity index (χ1n) is 8.31. The summed E-state index contributed by atoms with van der Waals surface area (Å²) in [5.41, 5.74) is 12.0. The van der Waals surface area contributed by atoms with Crippen LogP contribution in [-0.4, -0.2) is 32.0 Å². The lowest BCUT2D eigenvalue weighted by Crippen LogP contribution is -2.31. The zero-order chi connectivity index (χ0) is 21.9. The molecular formula is C17H14F3N7O2S. The number of amides is 2. The minimum absolute atomic E-state index is 0.00867. The fraction of sp³-hybridized carbons (Fsp3) is 0.176. The third kappa shape index (κ3) is 5.05. The minimum atomic E-state index is -4.70. The number of alkyl halides is 3. The number of primary amides is 1. The molecule has 0 radical (unpaired) electrons. The molecule has 0 unspecified atom stereocenters. The van der Waals surface area contributed by atoms with Gasteiger partial charge in [-0.2, -0.15) is 13.2 Å². The number of anilines is 3. The molecule has 2 aromatic heterocycles. The highest BCUT2D eigenvalue weighted by Gasteiger charge is 2.37. The number of benzene rings is 1. The molecule has 0 aliphatic carbocycles. The van der Waals surface area contributed by atoms with Crippen molar-refractivity contribution in [3.8, 4) is 0 Å². The topological polar surface area (TPSA) is 141 Å². The molecule has 0 saturated carbocycles. The van der Waals surface area contributed by atoms with Crippen LogP contribution in [0.3, 0.4) is 0 Å². The van der Waals surface area contributed by atoms with E-state index in [0.717, 1.165) is 4.90 Å². The SMILES string of the molecule is NC(=O)N(c1cccc(CC(=O)Cc2cnc(N)nc2)c1)c1nnc(C(F)(F)F)s1. The number of aromatic nitrogens is 4. The van der Waals surface area contributed by atoms with Crippen molar-refractivity contribution in [2.24, 2.45) is 5.73 Å². The third-order valence-corrected chi connectivity index (χ3v) is 4.72. The lowest BCUT2D eigenvalue weighted by Gasteiger charge is -2.17. The maximum Gasteiger partial charge on any atom is 0.445 e. The molecule has 1 aromatic carbocycles. The number of rotatable bonds is 6. The number of nitrogens with zero attached hydrogens (tertiary/aromatic N) is 5. The molecule has 3 aromatic rings. The molecule has 0 aliphatic rings. The van der Waals surface area contributed by atoms with E-state index in [-0.39, 0.29) is 46.7 Å². The fourth-order valence-corrected chi connectivity index (χ4v) is 3.27. The van der Waals surface area contributed by atoms with E-state index in [1.165, 1.54) is 24.5 Å². The van der Waals surface area contributed by atoms with Gasteiger partial charge in [0.05, 0.1) is 5.69 Å². The summed E-state index contributed by atoms with van der Waals surface area (Å²) in [6.45, 7) is 0. The van der Waals surface area contributed by atoms with E-state index in [0.29, 0.717) is 11.1 Å². The Labute approximate surface area is 171 Å². The van der Waals surface area contributed by atoms with Gasteiger partial charge in [0.15, 0.2) is 0 Å². The van der Waals surface area contributed by atoms with Crippen molar-refractivity contribution in [3.63, 3.8) is 0 Å². The Morgan fingerprint density at radius 3 is 2.33 bits per heavy atom. The van der Waals surface area contributed by atoms with E-state index >= 15 is 0 Å². The summed E-state index contributed by atoms with van der Waals surface area (Å²) in [5.74, 6) is -0.0720. The highest BCUT2D eigenvalue weighted by atomic mass is 32.1. The van der Waals surface area contributed by atoms with Crippen LogP contribution in [0.5, 0.6) is 0 Å². The van der Waals surface area contributed by atoms with Gasteiger partial charge in [-0.05, 0) is 23.3 Å². The Morgan fingerprint density at radius 1 is 1.07 bits per heavy atom. The van der Waals surface area contributed by atoms with Crippen LogP contribution in [-0.2, 0) is 23.8 Å². The molecule has 9 nitrogen and oxygen atoms in total. The average molecular weight is 437 g/mol. The predicted octanol–water partition coefficient (Wildman–Crippen LogP) is 2.50. The molecule has 0 atom stereocenters. The number of hydrogen-bond acceptors (Lipinski definition) is 8. The molecule has 30 heavy (non-hydrogen) atoms. The van der Waals surface area contributed by atoms with Gasteiger partial charge in [-0.3, -0.25) is 4.79 Å². The number of hydrogen-bond donors (Lipinski definition) is 2. The normalized spacial score (nSPS) is 11.3. The number of ketones is 1. The zero-order valence-electron chi connectivity index (χ0n) is 15.1. The van der Waals surface area contributed by atoms with Crippen LogP contribution >= 0.6 is 11.3 Å². The third-order valence-electron chi connectivity index (χ3n) is 3.77. The number of Topliss-reactive ketones (excluding diaryl/α,β-unsaturated/α-hetero) is 1. The van der Waals surface area contributed by atoms with Gasteiger partial charge in [0, 0.05) is 25.2 Å². The lowest BCUT2D eigenvalue weighted by atomic mass is 10.0. The summed E-state index contributed by atoms with van der Waals surface area (Å²) in [5, 5.41) is 4.93. The maximum absolute atomic E-state index is 12.8. The molecule has 2 heterocycles. The smallest absolute Gasteiger partial charge is 0.368 e. The average Bonchev–Trinajstić information content (AvgIpc) is 3.14. The van der Waals surface area contributed by atoms with Crippen molar-refractivity contribution in [2.75, 3.05) is 10.6 Å². The Kier molecular flexibility index (Phi) is 5.91. The zero-order valence-corrected chi connectivity index (χ0v) is 15.9. The van der Waals surface area contributed by atoms with Crippen molar-refractivity contribution in [1.82, 2.24) is 20.2 Å². The molecule has 3 rings (SSSR count). The molecule has 0 bridgehead atoms. The van der Waals surface area contributed by atoms with Gasteiger partial charge in [0.2, 0.25) is 16.1 Å². The minimum Gasteiger partial charge on any atom is -0.368 e. The number of carbonyl (C=O) groups is 2. The van der Waals surface area contributed by atoms with Crippen molar-refractivity contribution in [3.05, 3.63) is 52.8 Å². The van der Waals surface area contributed by atoms with Crippen LogP contribution in [0.4, 0.5) is 34.7 Å². The van der Waals surface area contributed by atoms with Crippen LogP contribution < -0.4 is 16.4 Å². The Morgan fingerprint density at radius 2 is 1.73 bits per heavy atom. The van der Waals surface area contributed by atoms with Crippen LogP contribution in [0.2, 0.25) is 0 Å². The van der Waals surface area contributed by atoms with Crippen molar-refractivity contribution in [1.29, 1.82) is 0 Å². The molecule has 0 fully saturated rings. The van der Waals surface area contributed by atoms with Gasteiger partial charge in [-0.1, -0.05) is 23.5 Å². The lowest BCUT2D eigenvalue weighted by molar-refractivity contribution is -0.138. The quantitative estimate of drug-likeness (QED) is 0.603. The Bertz CT molecular complexity index is 1070. The van der Waals surface area contributed by atoms with Gasteiger partial charge in [0.25, 0.3) is 0 Å². The second-order valence-electron chi connectivity index (χ2n) is 6.07. The monoisotopic (exact) mass is 437 g/mol. The highest BCUT2D eigenvalue weighted by Crippen LogP contribution is 2.36. The van der Waals surface area contributed by atoms with Gasteiger partial charge in [0.1, 0.15) is 5.78 Å². The summed E-state index contributed by atoms with van der Waals surface area (Å²) in [4.78, 5) is 32.6.